The molecular weight excluding hydrogens is 210 g/mol. The summed E-state index contributed by atoms with van der Waals surface area (Å²) < 4.78 is 0. The topological polar surface area (TPSA) is 90.1 Å². The van der Waals surface area contributed by atoms with Crippen LogP contribution in [-0.4, -0.2) is 52.9 Å². The fraction of sp³-hybridized carbons (Fsp3) is 0.444. The number of rotatable bonds is 1. The zero-order valence-electron chi connectivity index (χ0n) is 8.69. The first-order valence-corrected chi connectivity index (χ1v) is 5.08. The predicted octanol–water partition coefficient (Wildman–Crippen LogP) is -1.22. The van der Waals surface area contributed by atoms with Crippen molar-refractivity contribution in [2.24, 2.45) is 0 Å². The van der Waals surface area contributed by atoms with Gasteiger partial charge in [0.2, 0.25) is 5.95 Å². The van der Waals surface area contributed by atoms with Gasteiger partial charge in [-0.1, -0.05) is 0 Å². The highest BCUT2D eigenvalue weighted by Gasteiger charge is 2.23. The number of hydrogen-bond acceptors (Lipinski definition) is 4. The molecule has 1 aliphatic rings. The van der Waals surface area contributed by atoms with Gasteiger partial charge in [-0.3, -0.25) is 14.9 Å². The summed E-state index contributed by atoms with van der Waals surface area (Å²) in [5.41, 5.74) is 0. The summed E-state index contributed by atoms with van der Waals surface area (Å²) in [6.45, 7) is 2.56. The van der Waals surface area contributed by atoms with Crippen molar-refractivity contribution < 1.29 is 9.59 Å². The van der Waals surface area contributed by atoms with E-state index in [9.17, 15) is 9.59 Å². The molecule has 0 radical (unpaired) electrons. The molecule has 2 rings (SSSR count). The number of aromatic nitrogens is 2. The van der Waals surface area contributed by atoms with E-state index in [-0.39, 0.29) is 5.95 Å². The Bertz CT molecular complexity index is 369. The van der Waals surface area contributed by atoms with Gasteiger partial charge in [0.1, 0.15) is 0 Å². The Labute approximate surface area is 92.2 Å². The normalized spacial score (nSPS) is 15.9. The molecule has 16 heavy (non-hydrogen) atoms. The Kier molecular flexibility index (Phi) is 3.16. The molecule has 0 aliphatic carbocycles. The summed E-state index contributed by atoms with van der Waals surface area (Å²) >= 11 is 0. The van der Waals surface area contributed by atoms with Crippen molar-refractivity contribution >= 4 is 17.8 Å². The van der Waals surface area contributed by atoms with Crippen LogP contribution < -0.4 is 10.6 Å². The van der Waals surface area contributed by atoms with Crippen LogP contribution in [0.25, 0.3) is 0 Å². The minimum atomic E-state index is -0.656. The van der Waals surface area contributed by atoms with Gasteiger partial charge in [-0.2, -0.15) is 0 Å². The summed E-state index contributed by atoms with van der Waals surface area (Å²) in [6, 6.07) is 0. The number of anilines is 1. The van der Waals surface area contributed by atoms with Crippen molar-refractivity contribution in [3.05, 3.63) is 12.4 Å². The van der Waals surface area contributed by atoms with Gasteiger partial charge in [-0.25, -0.2) is 4.98 Å². The van der Waals surface area contributed by atoms with Gasteiger partial charge in [-0.15, -0.1) is 0 Å². The number of aromatic amines is 1. The minimum absolute atomic E-state index is 0.286. The van der Waals surface area contributed by atoms with Crippen molar-refractivity contribution in [1.82, 2.24) is 20.2 Å². The fourth-order valence-corrected chi connectivity index (χ4v) is 1.51. The smallest absolute Gasteiger partial charge is 0.316 e. The Morgan fingerprint density at radius 2 is 2.12 bits per heavy atom. The molecule has 1 saturated heterocycles. The van der Waals surface area contributed by atoms with Gasteiger partial charge in [0.25, 0.3) is 0 Å². The standard InChI is InChI=1S/C9H13N5O2/c15-7(13-9-11-1-2-12-9)8(16)14-5-3-10-4-6-14/h1-2,10H,3-6H2,(H2,11,12,13,15). The van der Waals surface area contributed by atoms with Gasteiger partial charge in [0.15, 0.2) is 0 Å². The van der Waals surface area contributed by atoms with Crippen LogP contribution in [0, 0.1) is 0 Å². The molecule has 0 spiro atoms. The highest BCUT2D eigenvalue weighted by Crippen LogP contribution is 1.98. The Hall–Kier alpha value is -1.89. The molecule has 2 amide bonds. The van der Waals surface area contributed by atoms with Crippen LogP contribution in [0.3, 0.4) is 0 Å². The second-order valence-corrected chi connectivity index (χ2v) is 3.43. The first-order chi connectivity index (χ1) is 7.77. The number of carbonyl (C=O) groups excluding carboxylic acids is 2. The maximum atomic E-state index is 11.7. The average molecular weight is 223 g/mol. The molecule has 2 heterocycles. The SMILES string of the molecule is O=C(Nc1ncc[nH]1)C(=O)N1CCNCC1. The third-order valence-corrected chi connectivity index (χ3v) is 2.33. The van der Waals surface area contributed by atoms with Crippen LogP contribution in [0.2, 0.25) is 0 Å². The lowest BCUT2D eigenvalue weighted by atomic mass is 10.3. The number of H-pyrrole nitrogens is 1. The number of amides is 2. The first-order valence-electron chi connectivity index (χ1n) is 5.08. The van der Waals surface area contributed by atoms with Crippen LogP contribution in [0.4, 0.5) is 5.95 Å². The monoisotopic (exact) mass is 223 g/mol. The maximum Gasteiger partial charge on any atom is 0.316 e. The Morgan fingerprint density at radius 1 is 1.38 bits per heavy atom. The van der Waals surface area contributed by atoms with E-state index in [1.54, 1.807) is 6.20 Å². The van der Waals surface area contributed by atoms with Crippen LogP contribution in [0.15, 0.2) is 12.4 Å². The summed E-state index contributed by atoms with van der Waals surface area (Å²) in [7, 11) is 0. The van der Waals surface area contributed by atoms with E-state index < -0.39 is 11.8 Å². The third-order valence-electron chi connectivity index (χ3n) is 2.33. The quantitative estimate of drug-likeness (QED) is 0.520. The van der Waals surface area contributed by atoms with Gasteiger partial charge in [0, 0.05) is 38.6 Å². The number of imidazole rings is 1. The molecule has 86 valence electrons. The number of piperazine rings is 1. The zero-order chi connectivity index (χ0) is 11.4. The van der Waals surface area contributed by atoms with Crippen molar-refractivity contribution in [2.45, 2.75) is 0 Å². The molecule has 3 N–H and O–H groups in total. The number of nitrogens with zero attached hydrogens (tertiary/aromatic N) is 2. The van der Waals surface area contributed by atoms with E-state index in [1.807, 2.05) is 0 Å². The summed E-state index contributed by atoms with van der Waals surface area (Å²) in [5, 5.41) is 5.51. The third kappa shape index (κ3) is 2.37. The van der Waals surface area contributed by atoms with Crippen molar-refractivity contribution in [3.8, 4) is 0 Å². The molecule has 1 aliphatic heterocycles. The largest absolute Gasteiger partial charge is 0.332 e. The van der Waals surface area contributed by atoms with Crippen LogP contribution in [-0.2, 0) is 9.59 Å². The van der Waals surface area contributed by atoms with Gasteiger partial charge in [-0.05, 0) is 0 Å². The first kappa shape index (κ1) is 10.6. The molecule has 1 aromatic rings. The minimum Gasteiger partial charge on any atom is -0.332 e. The molecule has 7 heteroatoms. The maximum absolute atomic E-state index is 11.7. The van der Waals surface area contributed by atoms with E-state index >= 15 is 0 Å². The molecule has 0 bridgehead atoms. The molecule has 7 nitrogen and oxygen atoms in total. The zero-order valence-corrected chi connectivity index (χ0v) is 8.69. The summed E-state index contributed by atoms with van der Waals surface area (Å²) in [6.07, 6.45) is 3.08. The van der Waals surface area contributed by atoms with Crippen LogP contribution in [0.5, 0.6) is 0 Å². The van der Waals surface area contributed by atoms with Gasteiger partial charge >= 0.3 is 11.8 Å². The molecule has 0 saturated carbocycles. The van der Waals surface area contributed by atoms with E-state index in [4.69, 9.17) is 0 Å². The van der Waals surface area contributed by atoms with E-state index in [0.29, 0.717) is 13.1 Å². The second-order valence-electron chi connectivity index (χ2n) is 3.43. The highest BCUT2D eigenvalue weighted by molar-refractivity contribution is 6.39. The number of hydrogen-bond donors (Lipinski definition) is 3. The Morgan fingerprint density at radius 3 is 2.75 bits per heavy atom. The lowest BCUT2D eigenvalue weighted by Crippen LogP contribution is -2.50. The molecule has 1 fully saturated rings. The number of carbonyl (C=O) groups is 2. The fourth-order valence-electron chi connectivity index (χ4n) is 1.51. The molecule has 0 atom stereocenters. The van der Waals surface area contributed by atoms with Crippen molar-refractivity contribution in [1.29, 1.82) is 0 Å². The van der Waals surface area contributed by atoms with Crippen molar-refractivity contribution in [2.75, 3.05) is 31.5 Å². The lowest BCUT2D eigenvalue weighted by molar-refractivity contribution is -0.143. The molecular formula is C9H13N5O2. The van der Waals surface area contributed by atoms with E-state index in [1.165, 1.54) is 11.1 Å². The lowest BCUT2D eigenvalue weighted by Gasteiger charge is -2.26. The predicted molar refractivity (Wildman–Crippen MR) is 56.7 cm³/mol. The van der Waals surface area contributed by atoms with Gasteiger partial charge in [0.05, 0.1) is 0 Å². The Balaban J connectivity index is 1.91. The van der Waals surface area contributed by atoms with Gasteiger partial charge < -0.3 is 15.2 Å². The molecule has 1 aromatic heterocycles. The number of nitrogens with one attached hydrogen (secondary N) is 3. The molecule has 0 unspecified atom stereocenters. The second kappa shape index (κ2) is 4.75. The average Bonchev–Trinajstić information content (AvgIpc) is 2.82. The van der Waals surface area contributed by atoms with Crippen LogP contribution in [0.1, 0.15) is 0 Å². The van der Waals surface area contributed by atoms with E-state index in [0.717, 1.165) is 13.1 Å². The van der Waals surface area contributed by atoms with E-state index in [2.05, 4.69) is 20.6 Å². The molecule has 0 aromatic carbocycles. The van der Waals surface area contributed by atoms with Crippen LogP contribution >= 0.6 is 0 Å². The summed E-state index contributed by atoms with van der Waals surface area (Å²) in [4.78, 5) is 31.2. The summed E-state index contributed by atoms with van der Waals surface area (Å²) in [5.74, 6) is -0.886. The highest BCUT2D eigenvalue weighted by atomic mass is 16.2. The van der Waals surface area contributed by atoms with Crippen molar-refractivity contribution in [3.63, 3.8) is 0 Å².